The molecule has 3 heterocycles. The van der Waals surface area contributed by atoms with E-state index in [1.54, 1.807) is 0 Å². The summed E-state index contributed by atoms with van der Waals surface area (Å²) in [6, 6.07) is 0. The fourth-order valence-corrected chi connectivity index (χ4v) is 3.28. The van der Waals surface area contributed by atoms with Gasteiger partial charge in [0.05, 0.1) is 0 Å². The Balaban J connectivity index is 1.72. The van der Waals surface area contributed by atoms with E-state index in [-0.39, 0.29) is 30.9 Å². The van der Waals surface area contributed by atoms with Crippen LogP contribution in [0.3, 0.4) is 0 Å². The highest BCUT2D eigenvalue weighted by Crippen LogP contribution is 2.44. The Morgan fingerprint density at radius 2 is 1.57 bits per heavy atom. The fourth-order valence-electron chi connectivity index (χ4n) is 3.28. The molecule has 0 aromatic carbocycles. The van der Waals surface area contributed by atoms with Gasteiger partial charge in [0.15, 0.2) is 17.9 Å². The van der Waals surface area contributed by atoms with Crippen molar-refractivity contribution in [3.63, 3.8) is 0 Å². The summed E-state index contributed by atoms with van der Waals surface area (Å²) in [6.45, 7) is 9.42. The maximum absolute atomic E-state index is 11.6. The van der Waals surface area contributed by atoms with Crippen LogP contribution < -0.4 is 0 Å². The fraction of sp³-hybridized carbons (Fsp3) is 0.938. The van der Waals surface area contributed by atoms with Gasteiger partial charge >= 0.3 is 5.97 Å². The zero-order valence-electron chi connectivity index (χ0n) is 14.4. The monoisotopic (exact) mass is 330 g/mol. The zero-order chi connectivity index (χ0) is 16.8. The average Bonchev–Trinajstić information content (AvgIpc) is 2.90. The Morgan fingerprint density at radius 1 is 0.957 bits per heavy atom. The van der Waals surface area contributed by atoms with Gasteiger partial charge in [-0.2, -0.15) is 0 Å². The highest BCUT2D eigenvalue weighted by Gasteiger charge is 2.60. The van der Waals surface area contributed by atoms with E-state index in [1.807, 2.05) is 34.6 Å². The zero-order valence-corrected chi connectivity index (χ0v) is 14.4. The highest BCUT2D eigenvalue weighted by molar-refractivity contribution is 5.69. The molecule has 0 unspecified atom stereocenters. The Morgan fingerprint density at radius 3 is 2.26 bits per heavy atom. The van der Waals surface area contributed by atoms with Gasteiger partial charge in [0.25, 0.3) is 0 Å². The second-order valence-corrected chi connectivity index (χ2v) is 7.14. The van der Waals surface area contributed by atoms with Gasteiger partial charge in [-0.15, -0.1) is 0 Å². The third kappa shape index (κ3) is 3.53. The van der Waals surface area contributed by atoms with E-state index in [0.717, 1.165) is 6.42 Å². The van der Waals surface area contributed by atoms with Gasteiger partial charge in [-0.05, 0) is 34.1 Å². The summed E-state index contributed by atoms with van der Waals surface area (Å²) in [5, 5.41) is 0. The topological polar surface area (TPSA) is 72.5 Å². The van der Waals surface area contributed by atoms with Crippen molar-refractivity contribution < 1.29 is 33.2 Å². The third-order valence-electron chi connectivity index (χ3n) is 4.11. The normalized spacial score (nSPS) is 40.5. The van der Waals surface area contributed by atoms with Crippen LogP contribution in [0.25, 0.3) is 0 Å². The first kappa shape index (κ1) is 17.1. The molecule has 0 N–H and O–H groups in total. The Bertz CT molecular complexity index is 461. The van der Waals surface area contributed by atoms with Crippen molar-refractivity contribution in [3.05, 3.63) is 0 Å². The van der Waals surface area contributed by atoms with Crippen LogP contribution in [0.5, 0.6) is 0 Å². The number of carbonyl (C=O) groups excluding carboxylic acids is 1. The molecule has 0 aliphatic carbocycles. The van der Waals surface area contributed by atoms with E-state index >= 15 is 0 Å². The van der Waals surface area contributed by atoms with Crippen molar-refractivity contribution in [2.45, 2.75) is 89.7 Å². The summed E-state index contributed by atoms with van der Waals surface area (Å²) >= 11 is 0. The minimum atomic E-state index is -0.746. The van der Waals surface area contributed by atoms with Gasteiger partial charge in [-0.1, -0.05) is 6.92 Å². The Kier molecular flexibility index (Phi) is 4.44. The molecule has 5 atom stereocenters. The van der Waals surface area contributed by atoms with Gasteiger partial charge in [-0.25, -0.2) is 0 Å². The first-order valence-corrected chi connectivity index (χ1v) is 8.23. The van der Waals surface area contributed by atoms with Crippen LogP contribution in [0, 0.1) is 0 Å². The van der Waals surface area contributed by atoms with Crippen molar-refractivity contribution in [1.29, 1.82) is 0 Å². The van der Waals surface area contributed by atoms with Gasteiger partial charge in [-0.3, -0.25) is 4.79 Å². The summed E-state index contributed by atoms with van der Waals surface area (Å²) in [5.41, 5.74) is 0. The van der Waals surface area contributed by atoms with Crippen LogP contribution in [0.1, 0.15) is 47.5 Å². The van der Waals surface area contributed by atoms with Crippen LogP contribution in [0.4, 0.5) is 0 Å². The molecule has 7 nitrogen and oxygen atoms in total. The van der Waals surface area contributed by atoms with Crippen molar-refractivity contribution in [3.8, 4) is 0 Å². The number of fused-ring (bicyclic) bond motifs is 3. The molecule has 0 spiro atoms. The predicted octanol–water partition coefficient (Wildman–Crippen LogP) is 1.73. The van der Waals surface area contributed by atoms with Gasteiger partial charge in [0.2, 0.25) is 0 Å². The van der Waals surface area contributed by atoms with E-state index in [9.17, 15) is 4.79 Å². The molecule has 0 aromatic rings. The standard InChI is InChI=1S/C16H26O7/c1-6-7-10(17)18-8-9-11-12(21-15(2,3)20-11)13-14(19-9)23-16(4,5)22-13/h9,11-14H,6-8H2,1-5H3/t9-,11-,12+,13-,14+/m1/s1. The van der Waals surface area contributed by atoms with Gasteiger partial charge < -0.3 is 28.4 Å². The maximum Gasteiger partial charge on any atom is 0.305 e. The minimum Gasteiger partial charge on any atom is -0.463 e. The van der Waals surface area contributed by atoms with E-state index < -0.39 is 24.0 Å². The molecule has 0 radical (unpaired) electrons. The van der Waals surface area contributed by atoms with Gasteiger partial charge in [0.1, 0.15) is 31.0 Å². The van der Waals surface area contributed by atoms with E-state index in [2.05, 4.69) is 0 Å². The Hall–Kier alpha value is -0.730. The molecule has 3 fully saturated rings. The lowest BCUT2D eigenvalue weighted by Gasteiger charge is -2.36. The van der Waals surface area contributed by atoms with Crippen molar-refractivity contribution in [1.82, 2.24) is 0 Å². The molecular weight excluding hydrogens is 304 g/mol. The molecule has 3 rings (SSSR count). The average molecular weight is 330 g/mol. The summed E-state index contributed by atoms with van der Waals surface area (Å²) in [4.78, 5) is 11.6. The largest absolute Gasteiger partial charge is 0.463 e. The predicted molar refractivity (Wildman–Crippen MR) is 78.4 cm³/mol. The third-order valence-corrected chi connectivity index (χ3v) is 4.11. The molecule has 132 valence electrons. The van der Waals surface area contributed by atoms with E-state index in [1.165, 1.54) is 0 Å². The lowest BCUT2D eigenvalue weighted by Crippen LogP contribution is -2.56. The SMILES string of the molecule is CCCC(=O)OC[C@H]1O[C@H]2OC(C)(C)O[C@@H]2[C@H]2OC(C)(C)O[C@@H]21. The lowest BCUT2D eigenvalue weighted by atomic mass is 9.99. The number of esters is 1. The lowest BCUT2D eigenvalue weighted by molar-refractivity contribution is -0.242. The number of rotatable bonds is 4. The van der Waals surface area contributed by atoms with Crippen LogP contribution in [-0.4, -0.2) is 54.9 Å². The summed E-state index contributed by atoms with van der Waals surface area (Å²) < 4.78 is 34.9. The number of hydrogen-bond donors (Lipinski definition) is 0. The minimum absolute atomic E-state index is 0.118. The quantitative estimate of drug-likeness (QED) is 0.727. The summed E-state index contributed by atoms with van der Waals surface area (Å²) in [6.07, 6.45) is -0.903. The van der Waals surface area contributed by atoms with Crippen LogP contribution >= 0.6 is 0 Å². The number of hydrogen-bond acceptors (Lipinski definition) is 7. The number of carbonyl (C=O) groups is 1. The molecule has 0 aromatic heterocycles. The summed E-state index contributed by atoms with van der Waals surface area (Å²) in [7, 11) is 0. The first-order valence-electron chi connectivity index (χ1n) is 8.23. The first-order chi connectivity index (χ1) is 10.7. The van der Waals surface area contributed by atoms with Crippen molar-refractivity contribution in [2.24, 2.45) is 0 Å². The number of ether oxygens (including phenoxy) is 6. The molecule has 0 bridgehead atoms. The van der Waals surface area contributed by atoms with Crippen LogP contribution in [0.2, 0.25) is 0 Å². The van der Waals surface area contributed by atoms with Crippen LogP contribution in [-0.2, 0) is 33.2 Å². The molecule has 23 heavy (non-hydrogen) atoms. The van der Waals surface area contributed by atoms with Crippen molar-refractivity contribution in [2.75, 3.05) is 6.61 Å². The molecule has 3 aliphatic heterocycles. The Labute approximate surface area is 136 Å². The maximum atomic E-state index is 11.6. The van der Waals surface area contributed by atoms with Crippen molar-refractivity contribution >= 4 is 5.97 Å². The highest BCUT2D eigenvalue weighted by atomic mass is 16.9. The molecule has 0 saturated carbocycles. The molecule has 3 saturated heterocycles. The van der Waals surface area contributed by atoms with E-state index in [4.69, 9.17) is 28.4 Å². The smallest absolute Gasteiger partial charge is 0.305 e. The second kappa shape index (κ2) is 5.97. The van der Waals surface area contributed by atoms with Gasteiger partial charge in [0, 0.05) is 6.42 Å². The second-order valence-electron chi connectivity index (χ2n) is 7.14. The summed E-state index contributed by atoms with van der Waals surface area (Å²) in [5.74, 6) is -1.73. The van der Waals surface area contributed by atoms with E-state index in [0.29, 0.717) is 6.42 Å². The van der Waals surface area contributed by atoms with Crippen LogP contribution in [0.15, 0.2) is 0 Å². The molecule has 3 aliphatic rings. The molecular formula is C16H26O7. The molecule has 7 heteroatoms. The molecule has 0 amide bonds.